The molecule has 0 bridgehead atoms. The Morgan fingerprint density at radius 1 is 1.18 bits per heavy atom. The predicted octanol–water partition coefficient (Wildman–Crippen LogP) is 6.06. The number of halogens is 3. The summed E-state index contributed by atoms with van der Waals surface area (Å²) in [7, 11) is 1.41. The lowest BCUT2D eigenvalue weighted by Crippen LogP contribution is -2.52. The van der Waals surface area contributed by atoms with E-state index >= 15 is 0 Å². The van der Waals surface area contributed by atoms with Crippen molar-refractivity contribution in [2.24, 2.45) is 0 Å². The van der Waals surface area contributed by atoms with E-state index in [4.69, 9.17) is 16.3 Å². The van der Waals surface area contributed by atoms with Gasteiger partial charge >= 0.3 is 5.97 Å². The number of methoxy groups -OCH3 is 1. The van der Waals surface area contributed by atoms with Crippen molar-refractivity contribution in [1.29, 1.82) is 0 Å². The maximum atomic E-state index is 13.9. The van der Waals surface area contributed by atoms with Gasteiger partial charge in [-0.1, -0.05) is 39.7 Å². The highest BCUT2D eigenvalue weighted by molar-refractivity contribution is 9.11. The van der Waals surface area contributed by atoms with Crippen LogP contribution in [0.1, 0.15) is 36.8 Å². The summed E-state index contributed by atoms with van der Waals surface area (Å²) in [5, 5.41) is 3.97. The average molecular weight is 465 g/mol. The number of carbonyl (C=O) groups is 1. The molecule has 2 aliphatic rings. The van der Waals surface area contributed by atoms with Crippen molar-refractivity contribution in [2.45, 2.75) is 36.6 Å². The number of esters is 1. The number of allylic oxidation sites excluding steroid dienone is 1. The van der Waals surface area contributed by atoms with Crippen LogP contribution in [-0.4, -0.2) is 18.6 Å². The molecule has 0 aromatic heterocycles. The van der Waals surface area contributed by atoms with Gasteiger partial charge in [0.2, 0.25) is 0 Å². The van der Waals surface area contributed by atoms with E-state index in [-0.39, 0.29) is 17.2 Å². The first-order valence-electron chi connectivity index (χ1n) is 9.18. The quantitative estimate of drug-likeness (QED) is 0.561. The van der Waals surface area contributed by atoms with Crippen molar-refractivity contribution in [2.75, 3.05) is 12.4 Å². The Morgan fingerprint density at radius 3 is 2.61 bits per heavy atom. The maximum Gasteiger partial charge on any atom is 0.331 e. The molecule has 0 radical (unpaired) electrons. The summed E-state index contributed by atoms with van der Waals surface area (Å²) in [6.45, 7) is 0. The van der Waals surface area contributed by atoms with E-state index in [2.05, 4.69) is 27.3 Å². The minimum atomic E-state index is -0.839. The molecule has 3 nitrogen and oxygen atoms in total. The number of hydrogen-bond donors (Lipinski definition) is 1. The van der Waals surface area contributed by atoms with Gasteiger partial charge in [0.1, 0.15) is 11.4 Å². The summed E-state index contributed by atoms with van der Waals surface area (Å²) in [6.07, 6.45) is 4.58. The Bertz CT molecular complexity index is 967. The molecule has 1 spiro atoms. The Hall–Kier alpha value is -1.85. The molecule has 0 amide bonds. The van der Waals surface area contributed by atoms with Crippen LogP contribution < -0.4 is 5.32 Å². The SMILES string of the molecule is COC(=O)C1(Nc2cccc(Cl)c2)CCC2(CC1)C(Br)=Cc1ccc(F)cc12. The lowest BCUT2D eigenvalue weighted by Gasteiger charge is -2.45. The number of ether oxygens (including phenoxy) is 1. The first kappa shape index (κ1) is 19.5. The summed E-state index contributed by atoms with van der Waals surface area (Å²) in [4.78, 5) is 12.8. The van der Waals surface area contributed by atoms with Crippen LogP contribution in [-0.2, 0) is 14.9 Å². The van der Waals surface area contributed by atoms with Gasteiger partial charge in [0.25, 0.3) is 0 Å². The van der Waals surface area contributed by atoms with Gasteiger partial charge in [-0.3, -0.25) is 0 Å². The summed E-state index contributed by atoms with van der Waals surface area (Å²) in [5.74, 6) is -0.532. The van der Waals surface area contributed by atoms with Gasteiger partial charge in [-0.15, -0.1) is 0 Å². The predicted molar refractivity (Wildman–Crippen MR) is 113 cm³/mol. The van der Waals surface area contributed by atoms with Crippen molar-refractivity contribution in [3.8, 4) is 0 Å². The smallest absolute Gasteiger partial charge is 0.331 e. The van der Waals surface area contributed by atoms with E-state index in [1.54, 1.807) is 18.2 Å². The van der Waals surface area contributed by atoms with Crippen LogP contribution in [0.2, 0.25) is 5.02 Å². The Kier molecular flexibility index (Phi) is 5.00. The second kappa shape index (κ2) is 7.20. The van der Waals surface area contributed by atoms with E-state index in [0.717, 1.165) is 21.3 Å². The Labute approximate surface area is 177 Å². The third-order valence-electron chi connectivity index (χ3n) is 6.01. The third-order valence-corrected chi connectivity index (χ3v) is 7.23. The molecule has 1 fully saturated rings. The van der Waals surface area contributed by atoms with Crippen molar-refractivity contribution in [1.82, 2.24) is 0 Å². The van der Waals surface area contributed by atoms with Gasteiger partial charge < -0.3 is 10.1 Å². The molecule has 0 heterocycles. The Balaban J connectivity index is 1.66. The molecular formula is C22H20BrClFNO2. The molecule has 1 saturated carbocycles. The molecule has 2 aromatic rings. The fourth-order valence-corrected chi connectivity index (χ4v) is 5.55. The molecule has 4 rings (SSSR count). The van der Waals surface area contributed by atoms with Crippen LogP contribution in [0.4, 0.5) is 10.1 Å². The minimum absolute atomic E-state index is 0.240. The first-order chi connectivity index (χ1) is 13.4. The zero-order valence-corrected chi connectivity index (χ0v) is 17.7. The third kappa shape index (κ3) is 3.15. The molecule has 0 unspecified atom stereocenters. The summed E-state index contributed by atoms with van der Waals surface area (Å²) >= 11 is 9.82. The molecule has 2 aliphatic carbocycles. The second-order valence-corrected chi connectivity index (χ2v) is 8.81. The van der Waals surface area contributed by atoms with Crippen molar-refractivity contribution in [3.63, 3.8) is 0 Å². The summed E-state index contributed by atoms with van der Waals surface area (Å²) < 4.78 is 20.1. The largest absolute Gasteiger partial charge is 0.467 e. The topological polar surface area (TPSA) is 38.3 Å². The van der Waals surface area contributed by atoms with Crippen molar-refractivity contribution < 1.29 is 13.9 Å². The van der Waals surface area contributed by atoms with Crippen LogP contribution in [0.5, 0.6) is 0 Å². The number of rotatable bonds is 3. The number of hydrogen-bond acceptors (Lipinski definition) is 3. The van der Waals surface area contributed by atoms with Gasteiger partial charge in [-0.05, 0) is 73.2 Å². The van der Waals surface area contributed by atoms with Crippen LogP contribution in [0.25, 0.3) is 6.08 Å². The van der Waals surface area contributed by atoms with E-state index in [0.29, 0.717) is 30.7 Å². The van der Waals surface area contributed by atoms with Crippen LogP contribution >= 0.6 is 27.5 Å². The molecule has 1 N–H and O–H groups in total. The highest BCUT2D eigenvalue weighted by Crippen LogP contribution is 2.55. The van der Waals surface area contributed by atoms with E-state index in [9.17, 15) is 9.18 Å². The number of anilines is 1. The van der Waals surface area contributed by atoms with Gasteiger partial charge in [0.05, 0.1) is 7.11 Å². The number of nitrogens with one attached hydrogen (secondary N) is 1. The number of carbonyl (C=O) groups excluding carboxylic acids is 1. The van der Waals surface area contributed by atoms with Crippen molar-refractivity contribution in [3.05, 3.63) is 68.9 Å². The number of fused-ring (bicyclic) bond motifs is 2. The van der Waals surface area contributed by atoms with Crippen LogP contribution in [0, 0.1) is 5.82 Å². The van der Waals surface area contributed by atoms with Crippen LogP contribution in [0.3, 0.4) is 0 Å². The van der Waals surface area contributed by atoms with Gasteiger partial charge in [0.15, 0.2) is 0 Å². The average Bonchev–Trinajstić information content (AvgIpc) is 2.94. The monoisotopic (exact) mass is 463 g/mol. The van der Waals surface area contributed by atoms with E-state index in [1.807, 2.05) is 18.2 Å². The highest BCUT2D eigenvalue weighted by Gasteiger charge is 2.51. The van der Waals surface area contributed by atoms with Crippen LogP contribution in [0.15, 0.2) is 46.9 Å². The Morgan fingerprint density at radius 2 is 1.93 bits per heavy atom. The zero-order chi connectivity index (χ0) is 19.9. The van der Waals surface area contributed by atoms with Gasteiger partial charge in [-0.25, -0.2) is 9.18 Å². The molecular weight excluding hydrogens is 445 g/mol. The minimum Gasteiger partial charge on any atom is -0.467 e. The molecule has 2 aromatic carbocycles. The van der Waals surface area contributed by atoms with Gasteiger partial charge in [0, 0.05) is 20.6 Å². The molecule has 0 saturated heterocycles. The zero-order valence-electron chi connectivity index (χ0n) is 15.4. The second-order valence-electron chi connectivity index (χ2n) is 7.51. The molecule has 28 heavy (non-hydrogen) atoms. The maximum absolute atomic E-state index is 13.9. The van der Waals surface area contributed by atoms with E-state index < -0.39 is 5.54 Å². The fourth-order valence-electron chi connectivity index (χ4n) is 4.50. The molecule has 0 aliphatic heterocycles. The molecule has 0 atom stereocenters. The van der Waals surface area contributed by atoms with Crippen molar-refractivity contribution >= 4 is 45.3 Å². The molecule has 6 heteroatoms. The summed E-state index contributed by atoms with van der Waals surface area (Å²) in [5.41, 5.74) is 1.66. The lowest BCUT2D eigenvalue weighted by atomic mass is 9.65. The summed E-state index contributed by atoms with van der Waals surface area (Å²) in [6, 6.07) is 12.2. The first-order valence-corrected chi connectivity index (χ1v) is 10.4. The highest BCUT2D eigenvalue weighted by atomic mass is 79.9. The standard InChI is InChI=1S/C22H20BrClFNO2/c1-28-20(27)22(26-17-4-2-3-15(24)12-17)9-7-21(8-10-22)18-13-16(25)6-5-14(18)11-19(21)23/h2-6,11-13,26H,7-10H2,1H3. The molecule has 146 valence electrons. The van der Waals surface area contributed by atoms with Gasteiger partial charge in [-0.2, -0.15) is 0 Å². The lowest BCUT2D eigenvalue weighted by molar-refractivity contribution is -0.147. The van der Waals surface area contributed by atoms with E-state index in [1.165, 1.54) is 13.2 Å². The number of benzene rings is 2. The fraction of sp³-hybridized carbons (Fsp3) is 0.318. The normalized spacial score (nSPS) is 25.9.